The van der Waals surface area contributed by atoms with Gasteiger partial charge in [0.15, 0.2) is 0 Å². The zero-order valence-electron chi connectivity index (χ0n) is 9.96. The molecule has 0 saturated carbocycles. The lowest BCUT2D eigenvalue weighted by Gasteiger charge is -2.17. The fourth-order valence-electron chi connectivity index (χ4n) is 0.895. The van der Waals surface area contributed by atoms with E-state index >= 15 is 0 Å². The van der Waals surface area contributed by atoms with Gasteiger partial charge in [0.05, 0.1) is 19.1 Å². The third-order valence-electron chi connectivity index (χ3n) is 2.41. The second-order valence-corrected chi connectivity index (χ2v) is 4.05. The molecule has 88 valence electrons. The van der Waals surface area contributed by atoms with E-state index < -0.39 is 0 Å². The van der Waals surface area contributed by atoms with Gasteiger partial charge in [-0.05, 0) is 26.7 Å². The number of carbonyl (C=O) groups is 2. The van der Waals surface area contributed by atoms with Crippen LogP contribution in [0.1, 0.15) is 40.0 Å². The first-order valence-corrected chi connectivity index (χ1v) is 5.18. The van der Waals surface area contributed by atoms with E-state index in [1.165, 1.54) is 7.11 Å². The van der Waals surface area contributed by atoms with E-state index in [1.807, 2.05) is 20.8 Å². The minimum atomic E-state index is -0.311. The van der Waals surface area contributed by atoms with E-state index in [2.05, 4.69) is 9.47 Å². The van der Waals surface area contributed by atoms with Crippen LogP contribution in [0.25, 0.3) is 0 Å². The highest BCUT2D eigenvalue weighted by atomic mass is 16.5. The molecular formula is C11H20O4. The molecule has 0 N–H and O–H groups in total. The number of cyclic esters (lactones) is 1. The highest BCUT2D eigenvalue weighted by Crippen LogP contribution is 2.20. The highest BCUT2D eigenvalue weighted by molar-refractivity contribution is 5.75. The van der Waals surface area contributed by atoms with Crippen molar-refractivity contribution in [1.29, 1.82) is 0 Å². The van der Waals surface area contributed by atoms with Crippen molar-refractivity contribution in [1.82, 2.24) is 0 Å². The van der Waals surface area contributed by atoms with Crippen molar-refractivity contribution in [2.24, 2.45) is 5.41 Å². The Morgan fingerprint density at radius 2 is 2.13 bits per heavy atom. The average Bonchev–Trinajstić information content (AvgIpc) is 2.68. The quantitative estimate of drug-likeness (QED) is 0.662. The van der Waals surface area contributed by atoms with Crippen LogP contribution in [0.15, 0.2) is 0 Å². The summed E-state index contributed by atoms with van der Waals surface area (Å²) in [6.45, 7) is 6.35. The van der Waals surface area contributed by atoms with Crippen LogP contribution in [0.2, 0.25) is 0 Å². The summed E-state index contributed by atoms with van der Waals surface area (Å²) in [5.74, 6) is -0.181. The van der Waals surface area contributed by atoms with E-state index in [0.717, 1.165) is 12.8 Å². The normalized spacial score (nSPS) is 15.1. The van der Waals surface area contributed by atoms with Gasteiger partial charge in [0.2, 0.25) is 0 Å². The number of hydrogen-bond donors (Lipinski definition) is 0. The summed E-state index contributed by atoms with van der Waals surface area (Å²) < 4.78 is 9.08. The minimum absolute atomic E-state index is 0.0463. The van der Waals surface area contributed by atoms with Gasteiger partial charge < -0.3 is 9.47 Å². The van der Waals surface area contributed by atoms with E-state index in [9.17, 15) is 9.59 Å². The van der Waals surface area contributed by atoms with E-state index in [1.54, 1.807) is 0 Å². The Morgan fingerprint density at radius 1 is 1.53 bits per heavy atom. The van der Waals surface area contributed by atoms with Crippen LogP contribution in [0.4, 0.5) is 0 Å². The Bertz CT molecular complexity index is 213. The van der Waals surface area contributed by atoms with Crippen molar-refractivity contribution in [2.45, 2.75) is 40.0 Å². The van der Waals surface area contributed by atoms with Gasteiger partial charge in [-0.15, -0.1) is 0 Å². The molecule has 1 rings (SSSR count). The van der Waals surface area contributed by atoms with Crippen LogP contribution >= 0.6 is 0 Å². The monoisotopic (exact) mass is 216 g/mol. The Morgan fingerprint density at radius 3 is 2.27 bits per heavy atom. The van der Waals surface area contributed by atoms with Gasteiger partial charge >= 0.3 is 11.9 Å². The molecule has 1 aliphatic rings. The van der Waals surface area contributed by atoms with E-state index in [0.29, 0.717) is 13.0 Å². The molecular weight excluding hydrogens is 196 g/mol. The maximum Gasteiger partial charge on any atom is 0.311 e. The van der Waals surface area contributed by atoms with Crippen LogP contribution in [0.5, 0.6) is 0 Å². The first-order chi connectivity index (χ1) is 6.94. The third kappa shape index (κ3) is 5.40. The number of hydrogen-bond acceptors (Lipinski definition) is 4. The topological polar surface area (TPSA) is 52.6 Å². The molecule has 0 aromatic heterocycles. The van der Waals surface area contributed by atoms with Crippen LogP contribution in [-0.2, 0) is 19.1 Å². The first kappa shape index (κ1) is 13.9. The maximum absolute atomic E-state index is 10.8. The van der Waals surface area contributed by atoms with Crippen molar-refractivity contribution < 1.29 is 19.1 Å². The zero-order valence-corrected chi connectivity index (χ0v) is 9.96. The lowest BCUT2D eigenvalue weighted by molar-refractivity contribution is -0.150. The lowest BCUT2D eigenvalue weighted by Crippen LogP contribution is -2.24. The molecule has 0 bridgehead atoms. The van der Waals surface area contributed by atoms with Crippen LogP contribution in [0, 0.1) is 5.41 Å². The summed E-state index contributed by atoms with van der Waals surface area (Å²) in [7, 11) is 1.42. The molecule has 0 aromatic rings. The maximum atomic E-state index is 10.8. The van der Waals surface area contributed by atoms with Crippen molar-refractivity contribution in [3.8, 4) is 0 Å². The summed E-state index contributed by atoms with van der Waals surface area (Å²) in [6, 6.07) is 0. The Hall–Kier alpha value is -1.06. The molecule has 1 saturated heterocycles. The predicted octanol–water partition coefficient (Wildman–Crippen LogP) is 1.92. The predicted molar refractivity (Wildman–Crippen MR) is 56.3 cm³/mol. The molecule has 1 aliphatic heterocycles. The zero-order chi connectivity index (χ0) is 11.9. The largest absolute Gasteiger partial charge is 0.469 e. The molecule has 15 heavy (non-hydrogen) atoms. The van der Waals surface area contributed by atoms with Crippen LogP contribution in [0.3, 0.4) is 0 Å². The number of rotatable bonds is 2. The SMILES string of the molecule is CCC(C)(C)C(=O)OC.O=C1CCCO1. The standard InChI is InChI=1S/C7H14O2.C4H6O2/c1-5-7(2,3)6(8)9-4;5-4-2-1-3-6-4/h5H2,1-4H3;1-3H2. The number of carbonyl (C=O) groups excluding carboxylic acids is 2. The van der Waals surface area contributed by atoms with Gasteiger partial charge in [0.1, 0.15) is 0 Å². The number of esters is 2. The number of ether oxygens (including phenoxy) is 2. The molecule has 0 amide bonds. The molecule has 0 aliphatic carbocycles. The summed E-state index contributed by atoms with van der Waals surface area (Å²) in [5, 5.41) is 0. The summed E-state index contributed by atoms with van der Waals surface area (Å²) in [4.78, 5) is 20.9. The van der Waals surface area contributed by atoms with Crippen molar-refractivity contribution in [3.63, 3.8) is 0 Å². The summed E-state index contributed by atoms with van der Waals surface area (Å²) in [6.07, 6.45) is 2.36. The second-order valence-electron chi connectivity index (χ2n) is 4.05. The fraction of sp³-hybridized carbons (Fsp3) is 0.818. The number of methoxy groups -OCH3 is 1. The molecule has 0 spiro atoms. The van der Waals surface area contributed by atoms with Gasteiger partial charge in [0, 0.05) is 6.42 Å². The fourth-order valence-corrected chi connectivity index (χ4v) is 0.895. The van der Waals surface area contributed by atoms with E-state index in [-0.39, 0.29) is 17.4 Å². The Labute approximate surface area is 90.9 Å². The van der Waals surface area contributed by atoms with Crippen molar-refractivity contribution in [2.75, 3.05) is 13.7 Å². The summed E-state index contributed by atoms with van der Waals surface area (Å²) >= 11 is 0. The van der Waals surface area contributed by atoms with Gasteiger partial charge in [-0.1, -0.05) is 6.92 Å². The molecule has 4 nitrogen and oxygen atoms in total. The Balaban J connectivity index is 0.000000280. The molecule has 4 heteroatoms. The lowest BCUT2D eigenvalue weighted by atomic mass is 9.91. The second kappa shape index (κ2) is 6.43. The van der Waals surface area contributed by atoms with Gasteiger partial charge in [0.25, 0.3) is 0 Å². The van der Waals surface area contributed by atoms with Gasteiger partial charge in [-0.3, -0.25) is 9.59 Å². The van der Waals surface area contributed by atoms with Crippen LogP contribution in [-0.4, -0.2) is 25.7 Å². The molecule has 0 unspecified atom stereocenters. The first-order valence-electron chi connectivity index (χ1n) is 5.18. The van der Waals surface area contributed by atoms with Gasteiger partial charge in [-0.2, -0.15) is 0 Å². The molecule has 0 atom stereocenters. The summed E-state index contributed by atoms with van der Waals surface area (Å²) in [5.41, 5.74) is -0.311. The van der Waals surface area contributed by atoms with E-state index in [4.69, 9.17) is 0 Å². The highest BCUT2D eigenvalue weighted by Gasteiger charge is 2.25. The molecule has 0 aromatic carbocycles. The Kier molecular flexibility index (Phi) is 5.97. The minimum Gasteiger partial charge on any atom is -0.469 e. The molecule has 1 fully saturated rings. The average molecular weight is 216 g/mol. The smallest absolute Gasteiger partial charge is 0.311 e. The third-order valence-corrected chi connectivity index (χ3v) is 2.41. The van der Waals surface area contributed by atoms with Crippen molar-refractivity contribution in [3.05, 3.63) is 0 Å². The van der Waals surface area contributed by atoms with Gasteiger partial charge in [-0.25, -0.2) is 0 Å². The van der Waals surface area contributed by atoms with Crippen molar-refractivity contribution >= 4 is 11.9 Å². The molecule has 1 heterocycles. The molecule has 0 radical (unpaired) electrons. The van der Waals surface area contributed by atoms with Crippen LogP contribution < -0.4 is 0 Å².